The maximum atomic E-state index is 2.58. The van der Waals surface area contributed by atoms with Gasteiger partial charge in [-0.15, -0.1) is 0 Å². The Hall–Kier alpha value is -1.47. The van der Waals surface area contributed by atoms with Crippen molar-refractivity contribution < 1.29 is 0 Å². The Labute approximate surface area is 214 Å². The van der Waals surface area contributed by atoms with Gasteiger partial charge in [-0.25, -0.2) is 0 Å². The summed E-state index contributed by atoms with van der Waals surface area (Å²) in [4.78, 5) is 0. The zero-order valence-corrected chi connectivity index (χ0v) is 27.7. The zero-order valence-electron chi connectivity index (χ0n) is 23.7. The van der Waals surface area contributed by atoms with E-state index in [1.165, 1.54) is 16.7 Å². The lowest BCUT2D eigenvalue weighted by Gasteiger charge is -2.26. The summed E-state index contributed by atoms with van der Waals surface area (Å²) in [6.45, 7) is 29.2. The van der Waals surface area contributed by atoms with Crippen molar-refractivity contribution in [2.45, 2.75) is 79.7 Å². The molecule has 4 heteroatoms. The second-order valence-corrected chi connectivity index (χ2v) is 31.1. The number of hydrogen-bond acceptors (Lipinski definition) is 0. The number of aryl methyl sites for hydroxylation is 3. The van der Waals surface area contributed by atoms with Crippen molar-refractivity contribution in [3.8, 4) is 0 Å². The van der Waals surface area contributed by atoms with Gasteiger partial charge >= 0.3 is 0 Å². The highest BCUT2D eigenvalue weighted by Gasteiger charge is 2.28. The number of hydrogen-bond donors (Lipinski definition) is 0. The summed E-state index contributed by atoms with van der Waals surface area (Å²) in [5.41, 5.74) is 4.23. The Morgan fingerprint density at radius 1 is 0.382 bits per heavy atom. The molecule has 0 atom stereocenters. The van der Waals surface area contributed by atoms with Crippen LogP contribution >= 0.6 is 0 Å². The number of rotatable bonds is 6. The molecule has 0 saturated heterocycles. The second-order valence-electron chi connectivity index (χ2n) is 13.4. The third-order valence-corrected chi connectivity index (χ3v) is 15.4. The molecule has 0 saturated carbocycles. The lowest BCUT2D eigenvalue weighted by atomic mass is 10.2. The highest BCUT2D eigenvalue weighted by molar-refractivity contribution is 6.98. The average Bonchev–Trinajstić information content (AvgIpc) is 2.65. The van der Waals surface area contributed by atoms with Gasteiger partial charge < -0.3 is 0 Å². The molecule has 3 aromatic rings. The molecule has 0 unspecified atom stereocenters. The van der Waals surface area contributed by atoms with Crippen molar-refractivity contribution in [1.82, 2.24) is 0 Å². The standard InChI is InChI=1S/C30H45Si4/c1-22-13-25(19-28(16-22)32(4,5)6)31(26-14-23(2)17-29(20-26)33(7,8)9)27-15-24(3)18-30(21-27)34(10,11)12/h13-21H,1-12H3. The molecule has 3 rings (SSSR count). The van der Waals surface area contributed by atoms with E-state index in [1.807, 2.05) is 0 Å². The van der Waals surface area contributed by atoms with E-state index in [-0.39, 0.29) is 0 Å². The van der Waals surface area contributed by atoms with Crippen LogP contribution in [0.25, 0.3) is 0 Å². The van der Waals surface area contributed by atoms with Gasteiger partial charge in [0.25, 0.3) is 0 Å². The summed E-state index contributed by atoms with van der Waals surface area (Å²) >= 11 is 0. The molecule has 0 aliphatic heterocycles. The van der Waals surface area contributed by atoms with Gasteiger partial charge in [-0.2, -0.15) is 0 Å². The molecule has 0 amide bonds. The van der Waals surface area contributed by atoms with E-state index in [4.69, 9.17) is 0 Å². The van der Waals surface area contributed by atoms with E-state index < -0.39 is 33.0 Å². The zero-order chi connectivity index (χ0) is 25.6. The molecule has 0 spiro atoms. The third-order valence-electron chi connectivity index (χ3n) is 6.70. The molecule has 0 fully saturated rings. The van der Waals surface area contributed by atoms with E-state index in [1.54, 1.807) is 31.1 Å². The highest BCUT2D eigenvalue weighted by Crippen LogP contribution is 2.09. The van der Waals surface area contributed by atoms with Gasteiger partial charge in [-0.05, 0) is 20.8 Å². The summed E-state index contributed by atoms with van der Waals surface area (Å²) in [6, 6.07) is 22.6. The molecule has 0 aliphatic rings. The monoisotopic (exact) mass is 517 g/mol. The van der Waals surface area contributed by atoms with Crippen molar-refractivity contribution >= 4 is 64.1 Å². The van der Waals surface area contributed by atoms with Crippen LogP contribution in [0.15, 0.2) is 54.6 Å². The lowest BCUT2D eigenvalue weighted by molar-refractivity contribution is 1.48. The van der Waals surface area contributed by atoms with Gasteiger partial charge in [-0.1, -0.05) is 161 Å². The quantitative estimate of drug-likeness (QED) is 0.326. The minimum atomic E-state index is -1.42. The summed E-state index contributed by atoms with van der Waals surface area (Å²) < 4.78 is 0. The van der Waals surface area contributed by atoms with Crippen molar-refractivity contribution in [2.75, 3.05) is 0 Å². The van der Waals surface area contributed by atoms with E-state index >= 15 is 0 Å². The summed E-state index contributed by atoms with van der Waals surface area (Å²) in [5.74, 6) is 0. The van der Waals surface area contributed by atoms with Crippen LogP contribution in [-0.4, -0.2) is 33.0 Å². The SMILES string of the molecule is Cc1cc([Si](c2cc(C)cc([Si](C)(C)C)c2)c2cc(C)cc([Si](C)(C)C)c2)cc([Si](C)(C)C)c1. The van der Waals surface area contributed by atoms with Gasteiger partial charge in [0.15, 0.2) is 8.80 Å². The fourth-order valence-electron chi connectivity index (χ4n) is 4.58. The largest absolute Gasteiger partial charge is 0.154 e. The van der Waals surface area contributed by atoms with Crippen LogP contribution in [0.2, 0.25) is 58.9 Å². The van der Waals surface area contributed by atoms with Crippen LogP contribution in [-0.2, 0) is 0 Å². The van der Waals surface area contributed by atoms with Gasteiger partial charge in [0.1, 0.15) is 0 Å². The molecule has 0 heterocycles. The molecular weight excluding hydrogens is 473 g/mol. The van der Waals surface area contributed by atoms with Crippen LogP contribution in [0.4, 0.5) is 0 Å². The fourth-order valence-corrected chi connectivity index (χ4v) is 11.8. The Morgan fingerprint density at radius 3 is 0.824 bits per heavy atom. The first-order valence-corrected chi connectivity index (χ1v) is 24.7. The first-order chi connectivity index (χ1) is 15.4. The summed E-state index contributed by atoms with van der Waals surface area (Å²) in [6.07, 6.45) is 0. The molecule has 0 aliphatic carbocycles. The Morgan fingerprint density at radius 2 is 0.618 bits per heavy atom. The minimum Gasteiger partial charge on any atom is -0.0656 e. The molecule has 0 N–H and O–H groups in total. The topological polar surface area (TPSA) is 0 Å². The maximum absolute atomic E-state index is 2.58. The predicted molar refractivity (Wildman–Crippen MR) is 167 cm³/mol. The average molecular weight is 518 g/mol. The van der Waals surface area contributed by atoms with Crippen molar-refractivity contribution in [2.24, 2.45) is 0 Å². The van der Waals surface area contributed by atoms with Crippen molar-refractivity contribution in [1.29, 1.82) is 0 Å². The van der Waals surface area contributed by atoms with Gasteiger partial charge in [0, 0.05) is 0 Å². The number of benzene rings is 3. The van der Waals surface area contributed by atoms with Crippen LogP contribution < -0.4 is 31.1 Å². The van der Waals surface area contributed by atoms with Crippen molar-refractivity contribution in [3.63, 3.8) is 0 Å². The summed E-state index contributed by atoms with van der Waals surface area (Å²) in [5, 5.41) is 9.42. The first-order valence-electron chi connectivity index (χ1n) is 12.7. The Bertz CT molecular complexity index is 1040. The minimum absolute atomic E-state index is 1.12. The summed E-state index contributed by atoms with van der Waals surface area (Å²) in [7, 11) is -5.37. The van der Waals surface area contributed by atoms with Crippen LogP contribution in [0.3, 0.4) is 0 Å². The van der Waals surface area contributed by atoms with E-state index in [0.717, 1.165) is 0 Å². The smallest absolute Gasteiger partial charge is 0.0656 e. The van der Waals surface area contributed by atoms with E-state index in [9.17, 15) is 0 Å². The highest BCUT2D eigenvalue weighted by atomic mass is 28.3. The van der Waals surface area contributed by atoms with Crippen LogP contribution in [0.5, 0.6) is 0 Å². The Kier molecular flexibility index (Phi) is 7.60. The normalized spacial score (nSPS) is 13.0. The van der Waals surface area contributed by atoms with Crippen molar-refractivity contribution in [3.05, 3.63) is 71.3 Å². The molecule has 1 radical (unpaired) electrons. The lowest BCUT2D eigenvalue weighted by Crippen LogP contribution is -2.57. The molecule has 0 aromatic heterocycles. The molecule has 0 nitrogen and oxygen atoms in total. The second kappa shape index (κ2) is 9.53. The van der Waals surface area contributed by atoms with Gasteiger partial charge in [-0.3, -0.25) is 0 Å². The molecule has 3 aromatic carbocycles. The van der Waals surface area contributed by atoms with Gasteiger partial charge in [0.2, 0.25) is 0 Å². The van der Waals surface area contributed by atoms with E-state index in [2.05, 4.69) is 134 Å². The molecule has 181 valence electrons. The molecule has 0 bridgehead atoms. The maximum Gasteiger partial charge on any atom is 0.154 e. The Balaban J connectivity index is 2.37. The van der Waals surface area contributed by atoms with Gasteiger partial charge in [0.05, 0.1) is 24.2 Å². The first kappa shape index (κ1) is 27.1. The third kappa shape index (κ3) is 6.39. The van der Waals surface area contributed by atoms with Crippen LogP contribution in [0, 0.1) is 20.8 Å². The molecule has 34 heavy (non-hydrogen) atoms. The predicted octanol–water partition coefficient (Wildman–Crippen LogP) is 4.76. The molecular formula is C30H45Si4. The van der Waals surface area contributed by atoms with Crippen LogP contribution in [0.1, 0.15) is 16.7 Å². The van der Waals surface area contributed by atoms with E-state index in [0.29, 0.717) is 0 Å². The fraction of sp³-hybridized carbons (Fsp3) is 0.400.